The van der Waals surface area contributed by atoms with E-state index in [4.69, 9.17) is 0 Å². The Morgan fingerprint density at radius 3 is 2.15 bits per heavy atom. The zero-order valence-corrected chi connectivity index (χ0v) is 16.2. The summed E-state index contributed by atoms with van der Waals surface area (Å²) in [7, 11) is 0. The minimum atomic E-state index is -0.562. The zero-order chi connectivity index (χ0) is 19.8. The average molecular weight is 370 g/mol. The van der Waals surface area contributed by atoms with Crippen molar-refractivity contribution in [2.24, 2.45) is 0 Å². The summed E-state index contributed by atoms with van der Waals surface area (Å²) < 4.78 is 13.2. The van der Waals surface area contributed by atoms with Gasteiger partial charge in [0.2, 0.25) is 11.8 Å². The number of aryl methyl sites for hydroxylation is 1. The van der Waals surface area contributed by atoms with Crippen LogP contribution in [0.15, 0.2) is 48.5 Å². The van der Waals surface area contributed by atoms with E-state index in [1.165, 1.54) is 12.1 Å². The van der Waals surface area contributed by atoms with Crippen LogP contribution in [0.25, 0.3) is 0 Å². The van der Waals surface area contributed by atoms with E-state index in [1.54, 1.807) is 17.0 Å². The quantitative estimate of drug-likeness (QED) is 0.772. The van der Waals surface area contributed by atoms with Gasteiger partial charge in [-0.3, -0.25) is 9.59 Å². The fraction of sp³-hybridized carbons (Fsp3) is 0.364. The van der Waals surface area contributed by atoms with Crippen molar-refractivity contribution in [3.63, 3.8) is 0 Å². The van der Waals surface area contributed by atoms with Gasteiger partial charge < -0.3 is 10.2 Å². The molecule has 2 aromatic carbocycles. The lowest BCUT2D eigenvalue weighted by Crippen LogP contribution is -2.49. The molecule has 27 heavy (non-hydrogen) atoms. The van der Waals surface area contributed by atoms with Gasteiger partial charge in [-0.15, -0.1) is 0 Å². The van der Waals surface area contributed by atoms with Crippen molar-refractivity contribution in [3.8, 4) is 0 Å². The second-order valence-corrected chi connectivity index (χ2v) is 6.63. The highest BCUT2D eigenvalue weighted by Crippen LogP contribution is 2.15. The van der Waals surface area contributed by atoms with Gasteiger partial charge in [0, 0.05) is 13.1 Å². The molecule has 2 amide bonds. The molecule has 0 bridgehead atoms. The highest BCUT2D eigenvalue weighted by atomic mass is 19.1. The van der Waals surface area contributed by atoms with E-state index < -0.39 is 6.04 Å². The molecule has 0 radical (unpaired) electrons. The van der Waals surface area contributed by atoms with Crippen LogP contribution in [0, 0.1) is 12.7 Å². The first kappa shape index (κ1) is 20.6. The minimum Gasteiger partial charge on any atom is -0.355 e. The topological polar surface area (TPSA) is 49.4 Å². The molecular formula is C22H27FN2O2. The summed E-state index contributed by atoms with van der Waals surface area (Å²) in [6.07, 6.45) is 0.726. The Morgan fingerprint density at radius 2 is 1.59 bits per heavy atom. The molecule has 144 valence electrons. The molecule has 2 rings (SSSR count). The number of carbonyl (C=O) groups excluding carboxylic acids is 2. The van der Waals surface area contributed by atoms with Crippen LogP contribution in [0.2, 0.25) is 0 Å². The minimum absolute atomic E-state index is 0.124. The molecule has 0 saturated carbocycles. The number of hydrogen-bond acceptors (Lipinski definition) is 2. The van der Waals surface area contributed by atoms with Gasteiger partial charge in [-0.25, -0.2) is 4.39 Å². The average Bonchev–Trinajstić information content (AvgIpc) is 2.65. The molecule has 0 aliphatic heterocycles. The maximum atomic E-state index is 13.2. The number of carbonyl (C=O) groups is 2. The standard InChI is InChI=1S/C22H27FN2O2/c1-4-20(22(27)24-5-2)25(15-18-10-12-19(23)13-11-18)21(26)14-17-8-6-16(3)7-9-17/h6-13,20H,4-5,14-15H2,1-3H3,(H,24,27)/t20-/m1/s1. The molecule has 0 fully saturated rings. The summed E-state index contributed by atoms with van der Waals surface area (Å²) in [6, 6.07) is 13.2. The van der Waals surface area contributed by atoms with Gasteiger partial charge >= 0.3 is 0 Å². The normalized spacial score (nSPS) is 11.7. The lowest BCUT2D eigenvalue weighted by atomic mass is 10.1. The monoisotopic (exact) mass is 370 g/mol. The number of halogens is 1. The van der Waals surface area contributed by atoms with Crippen LogP contribution in [-0.4, -0.2) is 29.3 Å². The van der Waals surface area contributed by atoms with E-state index in [0.717, 1.165) is 16.7 Å². The molecule has 2 aromatic rings. The largest absolute Gasteiger partial charge is 0.355 e. The first-order chi connectivity index (χ1) is 12.9. The van der Waals surface area contributed by atoms with Crippen molar-refractivity contribution in [3.05, 3.63) is 71.0 Å². The number of benzene rings is 2. The fourth-order valence-electron chi connectivity index (χ4n) is 2.98. The Labute approximate surface area is 160 Å². The summed E-state index contributed by atoms with van der Waals surface area (Å²) in [6.45, 7) is 6.50. The molecule has 5 heteroatoms. The van der Waals surface area contributed by atoms with Gasteiger partial charge in [0.05, 0.1) is 6.42 Å². The van der Waals surface area contributed by atoms with E-state index in [2.05, 4.69) is 5.32 Å². The number of nitrogens with one attached hydrogen (secondary N) is 1. The molecule has 0 saturated heterocycles. The van der Waals surface area contributed by atoms with Crippen LogP contribution in [-0.2, 0) is 22.6 Å². The highest BCUT2D eigenvalue weighted by molar-refractivity contribution is 5.88. The zero-order valence-electron chi connectivity index (χ0n) is 16.2. The third-order valence-electron chi connectivity index (χ3n) is 4.48. The number of amides is 2. The molecule has 0 aromatic heterocycles. The van der Waals surface area contributed by atoms with Gasteiger partial charge in [0.15, 0.2) is 0 Å². The third kappa shape index (κ3) is 5.91. The summed E-state index contributed by atoms with van der Waals surface area (Å²) in [5, 5.41) is 2.81. The van der Waals surface area contributed by atoms with Gasteiger partial charge in [-0.1, -0.05) is 48.9 Å². The number of nitrogens with zero attached hydrogens (tertiary/aromatic N) is 1. The molecular weight excluding hydrogens is 343 g/mol. The van der Waals surface area contributed by atoms with Crippen molar-refractivity contribution in [1.29, 1.82) is 0 Å². The molecule has 0 aliphatic rings. The van der Waals surface area contributed by atoms with Crippen LogP contribution in [0.4, 0.5) is 4.39 Å². The maximum Gasteiger partial charge on any atom is 0.242 e. The SMILES string of the molecule is CCNC(=O)[C@@H](CC)N(Cc1ccc(F)cc1)C(=O)Cc1ccc(C)cc1. The number of rotatable bonds is 8. The van der Waals surface area contributed by atoms with Gasteiger partial charge in [-0.2, -0.15) is 0 Å². The Kier molecular flexibility index (Phi) is 7.53. The molecule has 1 atom stereocenters. The predicted molar refractivity (Wildman–Crippen MR) is 105 cm³/mol. The molecule has 0 aliphatic carbocycles. The summed E-state index contributed by atoms with van der Waals surface area (Å²) in [4.78, 5) is 27.1. The highest BCUT2D eigenvalue weighted by Gasteiger charge is 2.28. The van der Waals surface area contributed by atoms with Crippen LogP contribution in [0.5, 0.6) is 0 Å². The summed E-state index contributed by atoms with van der Waals surface area (Å²) >= 11 is 0. The third-order valence-corrected chi connectivity index (χ3v) is 4.48. The Bertz CT molecular complexity index is 757. The summed E-state index contributed by atoms with van der Waals surface area (Å²) in [5.41, 5.74) is 2.82. The fourth-order valence-corrected chi connectivity index (χ4v) is 2.98. The van der Waals surface area contributed by atoms with Crippen LogP contribution >= 0.6 is 0 Å². The van der Waals surface area contributed by atoms with Crippen molar-refractivity contribution in [2.45, 2.75) is 46.2 Å². The van der Waals surface area contributed by atoms with Crippen molar-refractivity contribution in [1.82, 2.24) is 10.2 Å². The van der Waals surface area contributed by atoms with E-state index in [1.807, 2.05) is 45.0 Å². The van der Waals surface area contributed by atoms with Crippen LogP contribution in [0.1, 0.15) is 37.0 Å². The van der Waals surface area contributed by atoms with E-state index >= 15 is 0 Å². The first-order valence-corrected chi connectivity index (χ1v) is 9.31. The molecule has 0 unspecified atom stereocenters. The smallest absolute Gasteiger partial charge is 0.242 e. The summed E-state index contributed by atoms with van der Waals surface area (Å²) in [5.74, 6) is -0.618. The van der Waals surface area contributed by atoms with E-state index in [0.29, 0.717) is 13.0 Å². The number of likely N-dealkylation sites (N-methyl/N-ethyl adjacent to an activating group) is 1. The Morgan fingerprint density at radius 1 is 1.00 bits per heavy atom. The first-order valence-electron chi connectivity index (χ1n) is 9.31. The Hall–Kier alpha value is -2.69. The van der Waals surface area contributed by atoms with Gasteiger partial charge in [0.25, 0.3) is 0 Å². The Balaban J connectivity index is 2.25. The van der Waals surface area contributed by atoms with Gasteiger partial charge in [-0.05, 0) is 43.5 Å². The molecule has 0 heterocycles. The maximum absolute atomic E-state index is 13.2. The number of hydrogen-bond donors (Lipinski definition) is 1. The second kappa shape index (κ2) is 9.86. The van der Waals surface area contributed by atoms with Crippen LogP contribution in [0.3, 0.4) is 0 Å². The second-order valence-electron chi connectivity index (χ2n) is 6.63. The lowest BCUT2D eigenvalue weighted by molar-refractivity contribution is -0.140. The van der Waals surface area contributed by atoms with Crippen LogP contribution < -0.4 is 5.32 Å². The van der Waals surface area contributed by atoms with Crippen molar-refractivity contribution in [2.75, 3.05) is 6.54 Å². The molecule has 0 spiro atoms. The van der Waals surface area contributed by atoms with Gasteiger partial charge in [0.1, 0.15) is 11.9 Å². The van der Waals surface area contributed by atoms with E-state index in [-0.39, 0.29) is 30.6 Å². The molecule has 4 nitrogen and oxygen atoms in total. The van der Waals surface area contributed by atoms with Crippen molar-refractivity contribution < 1.29 is 14.0 Å². The lowest BCUT2D eigenvalue weighted by Gasteiger charge is -2.30. The molecule has 1 N–H and O–H groups in total. The van der Waals surface area contributed by atoms with E-state index in [9.17, 15) is 14.0 Å². The predicted octanol–water partition coefficient (Wildman–Crippen LogP) is 3.62. The van der Waals surface area contributed by atoms with Crippen molar-refractivity contribution >= 4 is 11.8 Å².